The molecule has 2 aromatic rings. The first-order chi connectivity index (χ1) is 11.7. The fourth-order valence-electron chi connectivity index (χ4n) is 3.52. The molecule has 0 bridgehead atoms. The summed E-state index contributed by atoms with van der Waals surface area (Å²) >= 11 is 6.33. The van der Waals surface area contributed by atoms with Crippen molar-refractivity contribution in [3.05, 3.63) is 28.9 Å². The molecular formula is C18H21ClN2O3. The van der Waals surface area contributed by atoms with E-state index in [-0.39, 0.29) is 18.1 Å². The smallest absolute Gasteiger partial charge is 0.268 e. The van der Waals surface area contributed by atoms with Gasteiger partial charge >= 0.3 is 0 Å². The van der Waals surface area contributed by atoms with Gasteiger partial charge in [0.05, 0.1) is 23.2 Å². The van der Waals surface area contributed by atoms with Gasteiger partial charge in [-0.3, -0.25) is 4.79 Å². The Kier molecular flexibility index (Phi) is 4.14. The van der Waals surface area contributed by atoms with Crippen molar-refractivity contribution in [2.45, 2.75) is 44.9 Å². The number of nitrogens with zero attached hydrogens (tertiary/aromatic N) is 1. The summed E-state index contributed by atoms with van der Waals surface area (Å²) in [5, 5.41) is 4.51. The van der Waals surface area contributed by atoms with Crippen molar-refractivity contribution in [2.75, 3.05) is 13.2 Å². The van der Waals surface area contributed by atoms with Crippen LogP contribution in [0.5, 0.6) is 5.75 Å². The van der Waals surface area contributed by atoms with E-state index < -0.39 is 0 Å². The van der Waals surface area contributed by atoms with Gasteiger partial charge in [-0.15, -0.1) is 0 Å². The maximum atomic E-state index is 12.7. The number of hydrogen-bond donors (Lipinski definition) is 1. The predicted octanol–water partition coefficient (Wildman–Crippen LogP) is 3.37. The molecule has 1 aromatic heterocycles. The van der Waals surface area contributed by atoms with Gasteiger partial charge in [0.1, 0.15) is 17.5 Å². The molecule has 1 amide bonds. The number of hydrogen-bond acceptors (Lipinski definition) is 3. The summed E-state index contributed by atoms with van der Waals surface area (Å²) in [5.41, 5.74) is 1.55. The second-order valence-corrected chi connectivity index (χ2v) is 6.85. The van der Waals surface area contributed by atoms with Crippen LogP contribution in [-0.4, -0.2) is 35.8 Å². The lowest BCUT2D eigenvalue weighted by Gasteiger charge is -2.26. The summed E-state index contributed by atoms with van der Waals surface area (Å²) < 4.78 is 13.6. The summed E-state index contributed by atoms with van der Waals surface area (Å²) in [6, 6.07) is 5.58. The number of ether oxygens (including phenoxy) is 2. The molecule has 2 atom stereocenters. The number of nitrogens with one attached hydrogen (secondary N) is 1. The summed E-state index contributed by atoms with van der Waals surface area (Å²) in [6.45, 7) is 4.09. The zero-order valence-electron chi connectivity index (χ0n) is 13.7. The van der Waals surface area contributed by atoms with E-state index in [1.807, 2.05) is 22.8 Å². The van der Waals surface area contributed by atoms with Crippen LogP contribution in [0.3, 0.4) is 0 Å². The van der Waals surface area contributed by atoms with Crippen molar-refractivity contribution in [3.63, 3.8) is 0 Å². The van der Waals surface area contributed by atoms with Crippen LogP contribution in [0.15, 0.2) is 18.2 Å². The second-order valence-electron chi connectivity index (χ2n) is 6.44. The summed E-state index contributed by atoms with van der Waals surface area (Å²) in [6.07, 6.45) is 3.16. The lowest BCUT2D eigenvalue weighted by Crippen LogP contribution is -2.35. The first kappa shape index (κ1) is 15.8. The Morgan fingerprint density at radius 1 is 1.42 bits per heavy atom. The Bertz CT molecular complexity index is 780. The van der Waals surface area contributed by atoms with Crippen LogP contribution >= 0.6 is 11.6 Å². The molecule has 1 N–H and O–H groups in total. The molecule has 0 spiro atoms. The van der Waals surface area contributed by atoms with Crippen LogP contribution in [0.25, 0.3) is 10.9 Å². The molecule has 1 saturated heterocycles. The fourth-order valence-corrected chi connectivity index (χ4v) is 3.73. The minimum Gasteiger partial charge on any atom is -0.486 e. The third-order valence-corrected chi connectivity index (χ3v) is 5.18. The van der Waals surface area contributed by atoms with Crippen LogP contribution < -0.4 is 10.1 Å². The lowest BCUT2D eigenvalue weighted by molar-refractivity contribution is 0.0845. The van der Waals surface area contributed by atoms with Crippen molar-refractivity contribution in [2.24, 2.45) is 0 Å². The third kappa shape index (κ3) is 2.66. The van der Waals surface area contributed by atoms with E-state index in [0.717, 1.165) is 42.5 Å². The zero-order chi connectivity index (χ0) is 16.7. The second kappa shape index (κ2) is 6.30. The van der Waals surface area contributed by atoms with Gasteiger partial charge in [-0.2, -0.15) is 0 Å². The molecule has 2 aliphatic rings. The number of carbonyl (C=O) groups is 1. The number of benzene rings is 1. The van der Waals surface area contributed by atoms with Crippen LogP contribution in [-0.2, 0) is 11.3 Å². The SMILES string of the molecule is CC[C@@H]1Cn2c(C(=O)NC[C@@H]3CCCO3)cc3c(Cl)ccc(c32)O1. The van der Waals surface area contributed by atoms with E-state index in [4.69, 9.17) is 21.1 Å². The summed E-state index contributed by atoms with van der Waals surface area (Å²) in [7, 11) is 0. The highest BCUT2D eigenvalue weighted by Gasteiger charge is 2.27. The minimum atomic E-state index is -0.0829. The Hall–Kier alpha value is -1.72. The molecule has 24 heavy (non-hydrogen) atoms. The van der Waals surface area contributed by atoms with Crippen LogP contribution in [0.1, 0.15) is 36.7 Å². The molecule has 4 rings (SSSR count). The van der Waals surface area contributed by atoms with Gasteiger partial charge < -0.3 is 19.4 Å². The van der Waals surface area contributed by atoms with Gasteiger partial charge in [-0.25, -0.2) is 0 Å². The molecule has 6 heteroatoms. The molecule has 128 valence electrons. The van der Waals surface area contributed by atoms with Crippen molar-refractivity contribution in [1.29, 1.82) is 0 Å². The highest BCUT2D eigenvalue weighted by Crippen LogP contribution is 2.38. The fraction of sp³-hybridized carbons (Fsp3) is 0.500. The van der Waals surface area contributed by atoms with E-state index >= 15 is 0 Å². The number of rotatable bonds is 4. The molecule has 0 aliphatic carbocycles. The van der Waals surface area contributed by atoms with Gasteiger partial charge in [0, 0.05) is 18.5 Å². The molecule has 0 unspecified atom stereocenters. The maximum absolute atomic E-state index is 12.7. The molecule has 1 aromatic carbocycles. The van der Waals surface area contributed by atoms with Gasteiger partial charge in [-0.05, 0) is 37.5 Å². The Morgan fingerprint density at radius 2 is 2.29 bits per heavy atom. The van der Waals surface area contributed by atoms with Crippen LogP contribution in [0.2, 0.25) is 5.02 Å². The molecule has 0 radical (unpaired) electrons. The first-order valence-corrected chi connectivity index (χ1v) is 8.93. The monoisotopic (exact) mass is 348 g/mol. The van der Waals surface area contributed by atoms with E-state index in [2.05, 4.69) is 12.2 Å². The Balaban J connectivity index is 1.67. The van der Waals surface area contributed by atoms with Gasteiger partial charge in [0.25, 0.3) is 5.91 Å². The molecule has 5 nitrogen and oxygen atoms in total. The molecule has 1 fully saturated rings. The lowest BCUT2D eigenvalue weighted by atomic mass is 10.2. The third-order valence-electron chi connectivity index (χ3n) is 4.85. The van der Waals surface area contributed by atoms with E-state index in [0.29, 0.717) is 23.8 Å². The molecule has 0 saturated carbocycles. The van der Waals surface area contributed by atoms with E-state index in [9.17, 15) is 4.79 Å². The molecule has 3 heterocycles. The van der Waals surface area contributed by atoms with Crippen molar-refractivity contribution in [3.8, 4) is 5.75 Å². The number of carbonyl (C=O) groups excluding carboxylic acids is 1. The van der Waals surface area contributed by atoms with Crippen LogP contribution in [0, 0.1) is 0 Å². The number of amides is 1. The largest absolute Gasteiger partial charge is 0.486 e. The highest BCUT2D eigenvalue weighted by atomic mass is 35.5. The van der Waals surface area contributed by atoms with Crippen molar-refractivity contribution < 1.29 is 14.3 Å². The minimum absolute atomic E-state index is 0.0685. The number of halogens is 1. The van der Waals surface area contributed by atoms with Crippen molar-refractivity contribution in [1.82, 2.24) is 9.88 Å². The number of aromatic nitrogens is 1. The topological polar surface area (TPSA) is 52.5 Å². The zero-order valence-corrected chi connectivity index (χ0v) is 14.4. The van der Waals surface area contributed by atoms with E-state index in [1.165, 1.54) is 0 Å². The summed E-state index contributed by atoms with van der Waals surface area (Å²) in [4.78, 5) is 12.7. The predicted molar refractivity (Wildman–Crippen MR) is 93.0 cm³/mol. The highest BCUT2D eigenvalue weighted by molar-refractivity contribution is 6.36. The first-order valence-electron chi connectivity index (χ1n) is 8.55. The standard InChI is InChI=1S/C18H21ClN2O3/c1-2-11-10-21-15(18(22)20-9-12-4-3-7-23-12)8-13-14(19)5-6-16(24-11)17(13)21/h5-6,8,11-12H,2-4,7,9-10H2,1H3,(H,20,22)/t11-,12+/m1/s1. The normalized spacial score (nSPS) is 22.6. The van der Waals surface area contributed by atoms with Crippen LogP contribution in [0.4, 0.5) is 0 Å². The van der Waals surface area contributed by atoms with Gasteiger partial charge in [-0.1, -0.05) is 18.5 Å². The average molecular weight is 349 g/mol. The summed E-state index contributed by atoms with van der Waals surface area (Å²) in [5.74, 6) is 0.714. The van der Waals surface area contributed by atoms with Gasteiger partial charge in [0.2, 0.25) is 0 Å². The van der Waals surface area contributed by atoms with E-state index in [1.54, 1.807) is 0 Å². The Labute approximate surface area is 145 Å². The molecule has 2 aliphatic heterocycles. The van der Waals surface area contributed by atoms with Crippen molar-refractivity contribution >= 4 is 28.4 Å². The molecular weight excluding hydrogens is 328 g/mol. The maximum Gasteiger partial charge on any atom is 0.268 e. The average Bonchev–Trinajstić information content (AvgIpc) is 3.24. The quantitative estimate of drug-likeness (QED) is 0.921. The Morgan fingerprint density at radius 3 is 3.04 bits per heavy atom. The van der Waals surface area contributed by atoms with Gasteiger partial charge in [0.15, 0.2) is 0 Å².